The molecule has 0 aromatic rings. The number of ether oxygens (including phenoxy) is 1. The van der Waals surface area contributed by atoms with Crippen LogP contribution in [0.1, 0.15) is 27.2 Å². The molecule has 5 atom stereocenters. The summed E-state index contributed by atoms with van der Waals surface area (Å²) in [6.45, 7) is 5.53. The summed E-state index contributed by atoms with van der Waals surface area (Å²) < 4.78 is 5.00. The predicted octanol–water partition coefficient (Wildman–Crippen LogP) is -0.523. The largest absolute Gasteiger partial charge is 0.389 e. The van der Waals surface area contributed by atoms with Crippen molar-refractivity contribution in [2.45, 2.75) is 57.3 Å². The molecule has 0 bridgehead atoms. The van der Waals surface area contributed by atoms with Crippen LogP contribution in [0.5, 0.6) is 0 Å². The van der Waals surface area contributed by atoms with Crippen LogP contribution in [0, 0.1) is 0 Å². The summed E-state index contributed by atoms with van der Waals surface area (Å²) in [7, 11) is 1.51. The van der Waals surface area contributed by atoms with Gasteiger partial charge < -0.3 is 20.1 Å². The molecule has 3 N–H and O–H groups in total. The van der Waals surface area contributed by atoms with Crippen molar-refractivity contribution in [2.75, 3.05) is 13.7 Å². The van der Waals surface area contributed by atoms with Crippen molar-refractivity contribution in [1.82, 2.24) is 5.06 Å². The lowest BCUT2D eigenvalue weighted by Gasteiger charge is -2.50. The summed E-state index contributed by atoms with van der Waals surface area (Å²) in [5.74, 6) is 0. The van der Waals surface area contributed by atoms with Crippen LogP contribution in [0.4, 0.5) is 0 Å². The molecule has 0 aromatic carbocycles. The lowest BCUT2D eigenvalue weighted by Crippen LogP contribution is -2.68. The van der Waals surface area contributed by atoms with E-state index in [1.54, 1.807) is 13.8 Å². The Bertz CT molecular complexity index is 250. The van der Waals surface area contributed by atoms with Gasteiger partial charge in [-0.05, 0) is 20.3 Å². The number of rotatable bonds is 4. The quantitative estimate of drug-likeness (QED) is 0.581. The molecular formula is C11H23NO5. The van der Waals surface area contributed by atoms with Gasteiger partial charge in [-0.3, -0.25) is 4.84 Å². The zero-order valence-electron chi connectivity index (χ0n) is 10.8. The van der Waals surface area contributed by atoms with E-state index in [2.05, 4.69) is 0 Å². The van der Waals surface area contributed by atoms with Crippen molar-refractivity contribution in [3.05, 3.63) is 0 Å². The Morgan fingerprint density at radius 2 is 2.00 bits per heavy atom. The summed E-state index contributed by atoms with van der Waals surface area (Å²) in [5.41, 5.74) is -0.745. The van der Waals surface area contributed by atoms with Gasteiger partial charge in [0.2, 0.25) is 0 Å². The third kappa shape index (κ3) is 2.78. The minimum Gasteiger partial charge on any atom is -0.389 e. The molecule has 1 aliphatic heterocycles. The predicted molar refractivity (Wildman–Crippen MR) is 61.0 cm³/mol. The Labute approximate surface area is 102 Å². The Hall–Kier alpha value is -0.240. The molecule has 1 saturated heterocycles. The van der Waals surface area contributed by atoms with Gasteiger partial charge in [0.25, 0.3) is 0 Å². The van der Waals surface area contributed by atoms with Gasteiger partial charge in [-0.25, -0.2) is 0 Å². The zero-order valence-corrected chi connectivity index (χ0v) is 10.8. The van der Waals surface area contributed by atoms with Crippen LogP contribution in [-0.4, -0.2) is 64.2 Å². The Morgan fingerprint density at radius 3 is 2.47 bits per heavy atom. The molecule has 0 aliphatic carbocycles. The molecule has 0 spiro atoms. The molecule has 1 aliphatic rings. The molecule has 1 fully saturated rings. The monoisotopic (exact) mass is 249 g/mol. The maximum absolute atomic E-state index is 10.1. The average molecular weight is 249 g/mol. The third-order valence-corrected chi connectivity index (χ3v) is 3.60. The highest BCUT2D eigenvalue weighted by atomic mass is 16.8. The van der Waals surface area contributed by atoms with Crippen molar-refractivity contribution < 1.29 is 24.9 Å². The molecule has 0 saturated carbocycles. The molecule has 0 aromatic heterocycles. The summed E-state index contributed by atoms with van der Waals surface area (Å²) in [4.78, 5) is 5.52. The maximum Gasteiger partial charge on any atom is 0.174 e. The highest BCUT2D eigenvalue weighted by Crippen LogP contribution is 2.32. The molecule has 102 valence electrons. The Morgan fingerprint density at radius 1 is 1.41 bits per heavy atom. The number of hydrogen-bond acceptors (Lipinski definition) is 6. The van der Waals surface area contributed by atoms with Crippen LogP contribution in [0.2, 0.25) is 0 Å². The van der Waals surface area contributed by atoms with E-state index >= 15 is 0 Å². The second-order valence-electron chi connectivity index (χ2n) is 4.68. The third-order valence-electron chi connectivity index (χ3n) is 3.60. The number of piperidine rings is 1. The molecular weight excluding hydrogens is 226 g/mol. The van der Waals surface area contributed by atoms with Crippen molar-refractivity contribution >= 4 is 0 Å². The summed E-state index contributed by atoms with van der Waals surface area (Å²) in [6.07, 6.45) is -3.16. The summed E-state index contributed by atoms with van der Waals surface area (Å²) in [6, 6.07) is 0. The number of nitrogens with zero attached hydrogens (tertiary/aromatic N) is 1. The second kappa shape index (κ2) is 5.60. The number of aliphatic hydroxyl groups excluding tert-OH is 3. The minimum absolute atomic E-state index is 0.135. The highest BCUT2D eigenvalue weighted by Gasteiger charge is 2.50. The standard InChI is InChI=1S/C11H23NO5/c1-5-11(3)10(15)9(14)8(13)6-12(11)17-7(2)16-4/h7-10,13-15H,5-6H2,1-4H3. The van der Waals surface area contributed by atoms with Crippen LogP contribution in [0.3, 0.4) is 0 Å². The lowest BCUT2D eigenvalue weighted by molar-refractivity contribution is -0.346. The Kier molecular flexibility index (Phi) is 4.88. The van der Waals surface area contributed by atoms with Gasteiger partial charge in [-0.15, -0.1) is 0 Å². The van der Waals surface area contributed by atoms with Crippen LogP contribution in [0.15, 0.2) is 0 Å². The highest BCUT2D eigenvalue weighted by molar-refractivity contribution is 5.00. The molecule has 6 nitrogen and oxygen atoms in total. The van der Waals surface area contributed by atoms with Crippen molar-refractivity contribution in [1.29, 1.82) is 0 Å². The van der Waals surface area contributed by atoms with Crippen molar-refractivity contribution in [3.8, 4) is 0 Å². The van der Waals surface area contributed by atoms with E-state index in [-0.39, 0.29) is 6.54 Å². The van der Waals surface area contributed by atoms with Gasteiger partial charge in [-0.2, -0.15) is 5.06 Å². The SMILES string of the molecule is CCC1(C)C(O)C(O)C(O)CN1OC(C)OC. The fourth-order valence-corrected chi connectivity index (χ4v) is 1.98. The van der Waals surface area contributed by atoms with Gasteiger partial charge in [0, 0.05) is 7.11 Å². The van der Waals surface area contributed by atoms with Gasteiger partial charge >= 0.3 is 0 Å². The second-order valence-corrected chi connectivity index (χ2v) is 4.68. The van der Waals surface area contributed by atoms with E-state index < -0.39 is 30.1 Å². The molecule has 0 amide bonds. The fourth-order valence-electron chi connectivity index (χ4n) is 1.98. The normalized spacial score (nSPS) is 41.5. The first kappa shape index (κ1) is 14.8. The molecule has 1 heterocycles. The van der Waals surface area contributed by atoms with Gasteiger partial charge in [-0.1, -0.05) is 6.92 Å². The zero-order chi connectivity index (χ0) is 13.2. The first-order valence-electron chi connectivity index (χ1n) is 5.88. The van der Waals surface area contributed by atoms with E-state index in [1.807, 2.05) is 6.92 Å². The average Bonchev–Trinajstić information content (AvgIpc) is 2.33. The van der Waals surface area contributed by atoms with Crippen molar-refractivity contribution in [3.63, 3.8) is 0 Å². The van der Waals surface area contributed by atoms with Crippen LogP contribution >= 0.6 is 0 Å². The van der Waals surface area contributed by atoms with Crippen LogP contribution in [-0.2, 0) is 9.57 Å². The van der Waals surface area contributed by atoms with Gasteiger partial charge in [0.1, 0.15) is 12.2 Å². The fraction of sp³-hybridized carbons (Fsp3) is 1.00. The minimum atomic E-state index is -1.15. The van der Waals surface area contributed by atoms with E-state index in [0.717, 1.165) is 0 Å². The van der Waals surface area contributed by atoms with E-state index in [0.29, 0.717) is 6.42 Å². The molecule has 5 unspecified atom stereocenters. The van der Waals surface area contributed by atoms with Crippen molar-refractivity contribution in [2.24, 2.45) is 0 Å². The van der Waals surface area contributed by atoms with E-state index in [4.69, 9.17) is 9.57 Å². The number of aliphatic hydroxyl groups is 3. The number of hydroxylamine groups is 2. The van der Waals surface area contributed by atoms with Crippen LogP contribution in [0.25, 0.3) is 0 Å². The first-order chi connectivity index (χ1) is 7.86. The summed E-state index contributed by atoms with van der Waals surface area (Å²) in [5, 5.41) is 30.9. The van der Waals surface area contributed by atoms with Gasteiger partial charge in [0.05, 0.1) is 18.2 Å². The maximum atomic E-state index is 10.1. The van der Waals surface area contributed by atoms with E-state index in [1.165, 1.54) is 12.2 Å². The smallest absolute Gasteiger partial charge is 0.174 e. The molecule has 0 radical (unpaired) electrons. The lowest BCUT2D eigenvalue weighted by atomic mass is 9.82. The first-order valence-corrected chi connectivity index (χ1v) is 5.88. The molecule has 6 heteroatoms. The van der Waals surface area contributed by atoms with Gasteiger partial charge in [0.15, 0.2) is 6.29 Å². The van der Waals surface area contributed by atoms with Crippen LogP contribution < -0.4 is 0 Å². The molecule has 17 heavy (non-hydrogen) atoms. The summed E-state index contributed by atoms with van der Waals surface area (Å²) >= 11 is 0. The number of hydrogen-bond donors (Lipinski definition) is 3. The number of β-amino-alcohol motifs (C(OH)–C–C–N with tert-alkyl or cyclic N) is 1. The Balaban J connectivity index is 2.85. The number of methoxy groups -OCH3 is 1. The topological polar surface area (TPSA) is 82.4 Å². The van der Waals surface area contributed by atoms with E-state index in [9.17, 15) is 15.3 Å². The molecule has 1 rings (SSSR count).